The van der Waals surface area contributed by atoms with Gasteiger partial charge < -0.3 is 4.90 Å². The highest BCUT2D eigenvalue weighted by Gasteiger charge is 2.36. The molecule has 1 unspecified atom stereocenters. The van der Waals surface area contributed by atoms with Crippen molar-refractivity contribution in [1.29, 1.82) is 5.26 Å². The number of sulfonamides is 1. The van der Waals surface area contributed by atoms with E-state index < -0.39 is 15.4 Å². The molecule has 1 atom stereocenters. The van der Waals surface area contributed by atoms with Gasteiger partial charge in [-0.3, -0.25) is 9.91 Å². The summed E-state index contributed by atoms with van der Waals surface area (Å²) in [6.45, 7) is 10.1. The number of anilines is 1. The lowest BCUT2D eigenvalue weighted by molar-refractivity contribution is 0.133. The number of hydrogen-bond donors (Lipinski definition) is 1. The van der Waals surface area contributed by atoms with Gasteiger partial charge in [0.15, 0.2) is 0 Å². The molecule has 2 aliphatic heterocycles. The highest BCUT2D eigenvalue weighted by atomic mass is 32.2. The van der Waals surface area contributed by atoms with Crippen LogP contribution < -0.4 is 9.84 Å². The number of hydrazine groups is 1. The largest absolute Gasteiger partial charge is 0.301 e. The third-order valence-electron chi connectivity index (χ3n) is 7.69. The van der Waals surface area contributed by atoms with Gasteiger partial charge in [0.25, 0.3) is 0 Å². The SMILES string of the molecule is CC(C)C(C#N)(CCCN1CCN(CCS(=O)(=O)NN2CCCc3ccccc32)CC1)c1cccs1. The molecule has 196 valence electrons. The standard InChI is InChI=1S/C27H39N5O2S2/c1-23(2)27(22-28,26-11-6-20-35-26)12-7-13-30-15-17-31(18-16-30)19-21-36(33,34)29-32-14-5-9-24-8-3-4-10-25(24)32/h3-4,6,8,10-11,20,23,29H,5,7,9,12-19,21H2,1-2H3. The van der Waals surface area contributed by atoms with Crippen LogP contribution in [0.1, 0.15) is 43.6 Å². The molecule has 0 bridgehead atoms. The minimum atomic E-state index is -3.41. The number of thiophene rings is 1. The minimum absolute atomic E-state index is 0.103. The van der Waals surface area contributed by atoms with Gasteiger partial charge in [-0.1, -0.05) is 38.1 Å². The Labute approximate surface area is 220 Å². The average Bonchev–Trinajstić information content (AvgIpc) is 3.42. The minimum Gasteiger partial charge on any atom is -0.301 e. The Morgan fingerprint density at radius 1 is 1.06 bits per heavy atom. The molecule has 1 aromatic heterocycles. The number of benzene rings is 1. The van der Waals surface area contributed by atoms with Gasteiger partial charge in [0.2, 0.25) is 10.0 Å². The molecule has 9 heteroatoms. The molecular formula is C27H39N5O2S2. The van der Waals surface area contributed by atoms with Crippen molar-refractivity contribution in [3.8, 4) is 6.07 Å². The van der Waals surface area contributed by atoms with Crippen molar-refractivity contribution in [1.82, 2.24) is 14.6 Å². The second-order valence-corrected chi connectivity index (χ2v) is 13.1. The summed E-state index contributed by atoms with van der Waals surface area (Å²) in [5, 5.41) is 13.9. The Morgan fingerprint density at radius 3 is 2.44 bits per heavy atom. The van der Waals surface area contributed by atoms with Crippen molar-refractivity contribution in [3.63, 3.8) is 0 Å². The molecular weight excluding hydrogens is 490 g/mol. The maximum Gasteiger partial charge on any atom is 0.229 e. The third-order valence-corrected chi connectivity index (χ3v) is 9.96. The molecule has 36 heavy (non-hydrogen) atoms. The first kappa shape index (κ1) is 27.1. The quantitative estimate of drug-likeness (QED) is 0.476. The summed E-state index contributed by atoms with van der Waals surface area (Å²) in [5.74, 6) is 0.373. The molecule has 0 aliphatic carbocycles. The molecule has 0 saturated carbocycles. The molecule has 4 rings (SSSR count). The van der Waals surface area contributed by atoms with E-state index in [-0.39, 0.29) is 11.7 Å². The van der Waals surface area contributed by atoms with E-state index in [1.54, 1.807) is 16.3 Å². The van der Waals surface area contributed by atoms with Crippen molar-refractivity contribution in [2.75, 3.05) is 56.6 Å². The van der Waals surface area contributed by atoms with Crippen LogP contribution in [0.2, 0.25) is 0 Å². The highest BCUT2D eigenvalue weighted by Crippen LogP contribution is 2.39. The third kappa shape index (κ3) is 6.48. The Balaban J connectivity index is 1.20. The molecule has 1 fully saturated rings. The number of rotatable bonds is 11. The first-order chi connectivity index (χ1) is 17.3. The fraction of sp³-hybridized carbons (Fsp3) is 0.593. The molecule has 3 heterocycles. The molecule has 1 N–H and O–H groups in total. The van der Waals surface area contributed by atoms with Crippen LogP contribution in [-0.2, 0) is 21.9 Å². The van der Waals surface area contributed by atoms with Crippen LogP contribution in [0, 0.1) is 17.2 Å². The predicted molar refractivity (Wildman–Crippen MR) is 148 cm³/mol. The van der Waals surface area contributed by atoms with E-state index in [0.29, 0.717) is 13.1 Å². The maximum atomic E-state index is 12.8. The number of para-hydroxylation sites is 1. The fourth-order valence-electron chi connectivity index (χ4n) is 5.38. The number of nitriles is 1. The summed E-state index contributed by atoms with van der Waals surface area (Å²) in [5.41, 5.74) is 1.75. The normalized spacial score (nSPS) is 19.1. The van der Waals surface area contributed by atoms with Gasteiger partial charge in [0, 0.05) is 44.1 Å². The van der Waals surface area contributed by atoms with Gasteiger partial charge in [0.05, 0.1) is 22.9 Å². The molecule has 0 spiro atoms. The van der Waals surface area contributed by atoms with Crippen LogP contribution >= 0.6 is 11.3 Å². The Hall–Kier alpha value is -1.96. The number of aryl methyl sites for hydroxylation is 1. The summed E-state index contributed by atoms with van der Waals surface area (Å²) < 4.78 is 25.6. The van der Waals surface area contributed by atoms with Crippen LogP contribution in [0.4, 0.5) is 5.69 Å². The van der Waals surface area contributed by atoms with Crippen LogP contribution in [0.25, 0.3) is 0 Å². The lowest BCUT2D eigenvalue weighted by atomic mass is 9.73. The van der Waals surface area contributed by atoms with E-state index in [1.807, 2.05) is 24.3 Å². The molecule has 0 amide bonds. The molecule has 2 aliphatic rings. The topological polar surface area (TPSA) is 79.7 Å². The Kier molecular flexibility index (Phi) is 9.07. The van der Waals surface area contributed by atoms with Gasteiger partial charge >= 0.3 is 0 Å². The van der Waals surface area contributed by atoms with Gasteiger partial charge in [-0.15, -0.1) is 16.2 Å². The lowest BCUT2D eigenvalue weighted by Gasteiger charge is -2.36. The fourth-order valence-corrected chi connectivity index (χ4v) is 7.55. The zero-order chi connectivity index (χ0) is 25.6. The van der Waals surface area contributed by atoms with Crippen molar-refractivity contribution in [2.45, 2.75) is 44.9 Å². The molecule has 7 nitrogen and oxygen atoms in total. The van der Waals surface area contributed by atoms with Crippen molar-refractivity contribution >= 4 is 27.0 Å². The van der Waals surface area contributed by atoms with Gasteiger partial charge in [-0.05, 0) is 61.2 Å². The van der Waals surface area contributed by atoms with E-state index in [0.717, 1.165) is 64.1 Å². The number of piperazine rings is 1. The molecule has 0 radical (unpaired) electrons. The van der Waals surface area contributed by atoms with Crippen molar-refractivity contribution in [2.24, 2.45) is 5.92 Å². The Morgan fingerprint density at radius 2 is 1.78 bits per heavy atom. The van der Waals surface area contributed by atoms with Gasteiger partial charge in [-0.2, -0.15) is 5.26 Å². The first-order valence-corrected chi connectivity index (χ1v) is 15.6. The zero-order valence-electron chi connectivity index (χ0n) is 21.5. The Bertz CT molecular complexity index is 1120. The van der Waals surface area contributed by atoms with Crippen molar-refractivity contribution < 1.29 is 8.42 Å². The van der Waals surface area contributed by atoms with E-state index >= 15 is 0 Å². The maximum absolute atomic E-state index is 12.8. The molecule has 1 aromatic carbocycles. The zero-order valence-corrected chi connectivity index (χ0v) is 23.2. The number of nitrogens with zero attached hydrogens (tertiary/aromatic N) is 4. The monoisotopic (exact) mass is 529 g/mol. The average molecular weight is 530 g/mol. The smallest absolute Gasteiger partial charge is 0.229 e. The van der Waals surface area contributed by atoms with E-state index in [9.17, 15) is 13.7 Å². The van der Waals surface area contributed by atoms with Gasteiger partial charge in [0.1, 0.15) is 0 Å². The lowest BCUT2D eigenvalue weighted by Crippen LogP contribution is -2.50. The second-order valence-electron chi connectivity index (χ2n) is 10.3. The molecule has 2 aromatic rings. The second kappa shape index (κ2) is 12.1. The first-order valence-electron chi connectivity index (χ1n) is 13.1. The predicted octanol–water partition coefficient (Wildman–Crippen LogP) is 3.85. The van der Waals surface area contributed by atoms with Crippen LogP contribution in [0.15, 0.2) is 41.8 Å². The summed E-state index contributed by atoms with van der Waals surface area (Å²) in [7, 11) is -3.41. The number of nitrogens with one attached hydrogen (secondary N) is 1. The van der Waals surface area contributed by atoms with E-state index in [4.69, 9.17) is 0 Å². The van der Waals surface area contributed by atoms with Gasteiger partial charge in [-0.25, -0.2) is 8.42 Å². The summed E-state index contributed by atoms with van der Waals surface area (Å²) >= 11 is 1.68. The number of fused-ring (bicyclic) bond motifs is 1. The summed E-state index contributed by atoms with van der Waals surface area (Å²) in [4.78, 5) is 8.68. The van der Waals surface area contributed by atoms with Crippen molar-refractivity contribution in [3.05, 3.63) is 52.2 Å². The van der Waals surface area contributed by atoms with Crippen LogP contribution in [-0.4, -0.2) is 69.8 Å². The van der Waals surface area contributed by atoms with Crippen LogP contribution in [0.5, 0.6) is 0 Å². The van der Waals surface area contributed by atoms with E-state index in [2.05, 4.69) is 52.1 Å². The van der Waals surface area contributed by atoms with Crippen LogP contribution in [0.3, 0.4) is 0 Å². The molecule has 1 saturated heterocycles. The number of hydrogen-bond acceptors (Lipinski definition) is 7. The highest BCUT2D eigenvalue weighted by molar-refractivity contribution is 7.89. The summed E-state index contributed by atoms with van der Waals surface area (Å²) in [6, 6.07) is 14.8. The van der Waals surface area contributed by atoms with E-state index in [1.165, 1.54) is 10.4 Å². The summed E-state index contributed by atoms with van der Waals surface area (Å²) in [6.07, 6.45) is 3.79.